The van der Waals surface area contributed by atoms with E-state index in [2.05, 4.69) is 0 Å². The SMILES string of the molecule is CC(C)(C)Oc1ccc(C=CC(=O)c2ccc(O)cc2)c(OC(C)(C)C)c1. The average molecular weight is 368 g/mol. The summed E-state index contributed by atoms with van der Waals surface area (Å²) in [5.74, 6) is 1.35. The topological polar surface area (TPSA) is 55.8 Å². The van der Waals surface area contributed by atoms with Crippen LogP contribution < -0.4 is 9.47 Å². The molecule has 2 rings (SSSR count). The molecule has 0 saturated heterocycles. The van der Waals surface area contributed by atoms with Gasteiger partial charge < -0.3 is 14.6 Å². The summed E-state index contributed by atoms with van der Waals surface area (Å²) in [5, 5.41) is 9.34. The zero-order valence-electron chi connectivity index (χ0n) is 16.9. The number of rotatable bonds is 5. The maximum atomic E-state index is 12.3. The van der Waals surface area contributed by atoms with Crippen molar-refractivity contribution < 1.29 is 19.4 Å². The molecule has 0 unspecified atom stereocenters. The molecule has 1 N–H and O–H groups in total. The van der Waals surface area contributed by atoms with E-state index in [-0.39, 0.29) is 22.7 Å². The lowest BCUT2D eigenvalue weighted by atomic mass is 10.1. The van der Waals surface area contributed by atoms with Crippen LogP contribution in [-0.2, 0) is 0 Å². The molecule has 0 amide bonds. The molecule has 0 saturated carbocycles. The maximum Gasteiger partial charge on any atom is 0.185 e. The van der Waals surface area contributed by atoms with Crippen LogP contribution in [0.15, 0.2) is 48.5 Å². The molecule has 144 valence electrons. The molecule has 0 aromatic heterocycles. The summed E-state index contributed by atoms with van der Waals surface area (Å²) >= 11 is 0. The van der Waals surface area contributed by atoms with Gasteiger partial charge in [-0.2, -0.15) is 0 Å². The van der Waals surface area contributed by atoms with Crippen LogP contribution in [0.3, 0.4) is 0 Å². The molecule has 27 heavy (non-hydrogen) atoms. The molecule has 2 aromatic rings. The van der Waals surface area contributed by atoms with Gasteiger partial charge in [0.2, 0.25) is 0 Å². The van der Waals surface area contributed by atoms with E-state index in [0.717, 1.165) is 5.56 Å². The molecule has 0 bridgehead atoms. The molecule has 0 aliphatic rings. The highest BCUT2D eigenvalue weighted by Crippen LogP contribution is 2.31. The molecule has 0 aliphatic heterocycles. The quantitative estimate of drug-likeness (QED) is 0.548. The minimum Gasteiger partial charge on any atom is -0.508 e. The normalized spacial score (nSPS) is 12.2. The fourth-order valence-corrected chi connectivity index (χ4v) is 2.38. The molecule has 2 aromatic carbocycles. The fourth-order valence-electron chi connectivity index (χ4n) is 2.38. The third kappa shape index (κ3) is 6.81. The van der Waals surface area contributed by atoms with Crippen molar-refractivity contribution in [1.29, 1.82) is 0 Å². The van der Waals surface area contributed by atoms with Gasteiger partial charge >= 0.3 is 0 Å². The maximum absolute atomic E-state index is 12.3. The number of phenolic OH excluding ortho intramolecular Hbond substituents is 1. The summed E-state index contributed by atoms with van der Waals surface area (Å²) in [6.45, 7) is 11.9. The summed E-state index contributed by atoms with van der Waals surface area (Å²) in [7, 11) is 0. The van der Waals surface area contributed by atoms with Gasteiger partial charge in [-0.25, -0.2) is 0 Å². The van der Waals surface area contributed by atoms with Gasteiger partial charge in [0, 0.05) is 17.2 Å². The molecule has 0 atom stereocenters. The van der Waals surface area contributed by atoms with Crippen LogP contribution in [0.5, 0.6) is 17.2 Å². The van der Waals surface area contributed by atoms with E-state index >= 15 is 0 Å². The third-order valence-electron chi connectivity index (χ3n) is 3.39. The average Bonchev–Trinajstić information content (AvgIpc) is 2.51. The zero-order valence-corrected chi connectivity index (χ0v) is 16.9. The van der Waals surface area contributed by atoms with Crippen molar-refractivity contribution in [3.8, 4) is 17.2 Å². The predicted molar refractivity (Wildman–Crippen MR) is 109 cm³/mol. The number of hydrogen-bond donors (Lipinski definition) is 1. The number of phenols is 1. The van der Waals surface area contributed by atoms with Crippen LogP contribution in [0.25, 0.3) is 6.08 Å². The first kappa shape index (κ1) is 20.6. The van der Waals surface area contributed by atoms with Crippen molar-refractivity contribution in [3.05, 3.63) is 59.7 Å². The summed E-state index contributed by atoms with van der Waals surface area (Å²) in [6, 6.07) is 11.8. The molecule has 0 aliphatic carbocycles. The number of hydrogen-bond acceptors (Lipinski definition) is 4. The van der Waals surface area contributed by atoms with Gasteiger partial charge in [-0.1, -0.05) is 0 Å². The Labute approximate surface area is 161 Å². The van der Waals surface area contributed by atoms with E-state index in [1.807, 2.05) is 59.7 Å². The molecular formula is C23H28O4. The Morgan fingerprint density at radius 3 is 2.04 bits per heavy atom. The smallest absolute Gasteiger partial charge is 0.185 e. The Balaban J connectivity index is 2.30. The van der Waals surface area contributed by atoms with Crippen LogP contribution in [0.2, 0.25) is 0 Å². The highest BCUT2D eigenvalue weighted by Gasteiger charge is 2.17. The second-order valence-corrected chi connectivity index (χ2v) is 8.37. The lowest BCUT2D eigenvalue weighted by Gasteiger charge is -2.25. The number of ether oxygens (including phenoxy) is 2. The summed E-state index contributed by atoms with van der Waals surface area (Å²) in [6.07, 6.45) is 3.23. The van der Waals surface area contributed by atoms with Crippen LogP contribution in [-0.4, -0.2) is 22.1 Å². The molecule has 0 heterocycles. The summed E-state index contributed by atoms with van der Waals surface area (Å²) < 4.78 is 12.0. The Hall–Kier alpha value is -2.75. The molecule has 0 fully saturated rings. The van der Waals surface area contributed by atoms with Crippen molar-refractivity contribution in [2.75, 3.05) is 0 Å². The number of allylic oxidation sites excluding steroid dienone is 1. The first-order chi connectivity index (χ1) is 12.4. The van der Waals surface area contributed by atoms with Gasteiger partial charge in [-0.3, -0.25) is 4.79 Å². The minimum absolute atomic E-state index is 0.130. The summed E-state index contributed by atoms with van der Waals surface area (Å²) in [5.41, 5.74) is 0.600. The van der Waals surface area contributed by atoms with Gasteiger partial charge in [0.05, 0.1) is 0 Å². The lowest BCUT2D eigenvalue weighted by molar-refractivity contribution is 0.104. The standard InChI is InChI=1S/C23H28O4/c1-22(2,3)26-19-13-9-17(21(15-19)27-23(4,5)6)10-14-20(25)16-7-11-18(24)12-8-16/h7-15,24H,1-6H3. The molecule has 0 radical (unpaired) electrons. The number of carbonyl (C=O) groups is 1. The largest absolute Gasteiger partial charge is 0.508 e. The van der Waals surface area contributed by atoms with Gasteiger partial charge in [-0.05, 0) is 90.1 Å². The van der Waals surface area contributed by atoms with E-state index in [4.69, 9.17) is 9.47 Å². The van der Waals surface area contributed by atoms with Crippen LogP contribution in [0.1, 0.15) is 57.5 Å². The highest BCUT2D eigenvalue weighted by atomic mass is 16.5. The second kappa shape index (κ2) is 7.87. The van der Waals surface area contributed by atoms with E-state index in [1.165, 1.54) is 18.2 Å². The number of carbonyl (C=O) groups excluding carboxylic acids is 1. The third-order valence-corrected chi connectivity index (χ3v) is 3.39. The number of benzene rings is 2. The predicted octanol–water partition coefficient (Wildman–Crippen LogP) is 5.64. The Bertz CT molecular complexity index is 819. The van der Waals surface area contributed by atoms with Gasteiger partial charge in [-0.15, -0.1) is 0 Å². The first-order valence-electron chi connectivity index (χ1n) is 8.96. The Kier molecular flexibility index (Phi) is 5.99. The molecule has 0 spiro atoms. The van der Waals surface area contributed by atoms with Crippen LogP contribution in [0.4, 0.5) is 0 Å². The number of aromatic hydroxyl groups is 1. The van der Waals surface area contributed by atoms with Crippen LogP contribution in [0, 0.1) is 0 Å². The lowest BCUT2D eigenvalue weighted by Crippen LogP contribution is -2.24. The fraction of sp³-hybridized carbons (Fsp3) is 0.348. The van der Waals surface area contributed by atoms with Crippen molar-refractivity contribution in [2.24, 2.45) is 0 Å². The zero-order chi connectivity index (χ0) is 20.2. The van der Waals surface area contributed by atoms with E-state index < -0.39 is 0 Å². The Morgan fingerprint density at radius 2 is 1.48 bits per heavy atom. The van der Waals surface area contributed by atoms with Gasteiger partial charge in [0.25, 0.3) is 0 Å². The number of ketones is 1. The van der Waals surface area contributed by atoms with Gasteiger partial charge in [0.15, 0.2) is 5.78 Å². The van der Waals surface area contributed by atoms with E-state index in [1.54, 1.807) is 18.2 Å². The van der Waals surface area contributed by atoms with Crippen molar-refractivity contribution in [2.45, 2.75) is 52.7 Å². The van der Waals surface area contributed by atoms with E-state index in [9.17, 15) is 9.90 Å². The van der Waals surface area contributed by atoms with E-state index in [0.29, 0.717) is 17.1 Å². The first-order valence-corrected chi connectivity index (χ1v) is 8.96. The van der Waals surface area contributed by atoms with Crippen molar-refractivity contribution in [3.63, 3.8) is 0 Å². The molecular weight excluding hydrogens is 340 g/mol. The molecule has 4 heteroatoms. The van der Waals surface area contributed by atoms with Gasteiger partial charge in [0.1, 0.15) is 28.5 Å². The van der Waals surface area contributed by atoms with Crippen molar-refractivity contribution >= 4 is 11.9 Å². The Morgan fingerprint density at radius 1 is 0.889 bits per heavy atom. The van der Waals surface area contributed by atoms with Crippen LogP contribution >= 0.6 is 0 Å². The monoisotopic (exact) mass is 368 g/mol. The molecule has 4 nitrogen and oxygen atoms in total. The summed E-state index contributed by atoms with van der Waals surface area (Å²) in [4.78, 5) is 12.3. The van der Waals surface area contributed by atoms with Crippen molar-refractivity contribution in [1.82, 2.24) is 0 Å². The highest BCUT2D eigenvalue weighted by molar-refractivity contribution is 6.07. The second-order valence-electron chi connectivity index (χ2n) is 8.37. The minimum atomic E-state index is -0.385.